The van der Waals surface area contributed by atoms with Gasteiger partial charge < -0.3 is 14.5 Å². The molecule has 0 N–H and O–H groups in total. The fourth-order valence-corrected chi connectivity index (χ4v) is 3.84. The molecule has 1 aliphatic heterocycles. The van der Waals surface area contributed by atoms with Gasteiger partial charge in [0, 0.05) is 19.7 Å². The zero-order valence-corrected chi connectivity index (χ0v) is 16.7. The van der Waals surface area contributed by atoms with Gasteiger partial charge in [0.2, 0.25) is 0 Å². The van der Waals surface area contributed by atoms with Crippen molar-refractivity contribution in [1.29, 1.82) is 0 Å². The second-order valence-corrected chi connectivity index (χ2v) is 7.21. The molecule has 0 spiro atoms. The number of anilines is 1. The monoisotopic (exact) mass is 386 g/mol. The molecule has 1 aliphatic rings. The van der Waals surface area contributed by atoms with Crippen LogP contribution in [0.3, 0.4) is 0 Å². The van der Waals surface area contributed by atoms with Gasteiger partial charge in [-0.2, -0.15) is 0 Å². The molecule has 1 atom stereocenters. The van der Waals surface area contributed by atoms with Crippen LogP contribution in [0.5, 0.6) is 0 Å². The lowest BCUT2D eigenvalue weighted by molar-refractivity contribution is 0.0285. The van der Waals surface area contributed by atoms with Crippen LogP contribution in [-0.4, -0.2) is 30.2 Å². The second kappa shape index (κ2) is 8.93. The Morgan fingerprint density at radius 2 is 1.41 bits per heavy atom. The summed E-state index contributed by atoms with van der Waals surface area (Å²) in [5.74, 6) is 0.0460. The highest BCUT2D eigenvalue weighted by Crippen LogP contribution is 2.30. The number of carbonyl (C=O) groups excluding carboxylic acids is 1. The Hall–Kier alpha value is -3.11. The lowest BCUT2D eigenvalue weighted by atomic mass is 10.1. The van der Waals surface area contributed by atoms with Crippen molar-refractivity contribution >= 4 is 11.6 Å². The molecule has 3 aromatic rings. The van der Waals surface area contributed by atoms with E-state index in [1.165, 1.54) is 5.56 Å². The van der Waals surface area contributed by atoms with Crippen molar-refractivity contribution in [3.63, 3.8) is 0 Å². The number of ether oxygens (including phenoxy) is 1. The van der Waals surface area contributed by atoms with E-state index in [4.69, 9.17) is 4.74 Å². The number of fused-ring (bicyclic) bond motifs is 1. The largest absolute Gasteiger partial charge is 0.357 e. The smallest absolute Gasteiger partial charge is 0.256 e. The van der Waals surface area contributed by atoms with Crippen LogP contribution >= 0.6 is 0 Å². The van der Waals surface area contributed by atoms with Crippen molar-refractivity contribution in [2.75, 3.05) is 18.1 Å². The Kier molecular flexibility index (Phi) is 5.92. The number of carbonyl (C=O) groups is 1. The Balaban J connectivity index is 1.72. The zero-order chi connectivity index (χ0) is 20.1. The molecule has 4 nitrogen and oxygen atoms in total. The molecule has 0 saturated heterocycles. The Morgan fingerprint density at radius 1 is 0.828 bits per heavy atom. The lowest BCUT2D eigenvalue weighted by Crippen LogP contribution is -2.44. The van der Waals surface area contributed by atoms with E-state index < -0.39 is 0 Å². The zero-order valence-electron chi connectivity index (χ0n) is 16.7. The summed E-state index contributed by atoms with van der Waals surface area (Å²) in [4.78, 5) is 17.6. The molecule has 0 radical (unpaired) electrons. The van der Waals surface area contributed by atoms with Crippen LogP contribution in [0.15, 0.2) is 84.9 Å². The number of para-hydroxylation sites is 1. The van der Waals surface area contributed by atoms with Crippen molar-refractivity contribution in [2.24, 2.45) is 0 Å². The summed E-state index contributed by atoms with van der Waals surface area (Å²) in [5, 5.41) is 0. The molecule has 4 heteroatoms. The molecule has 3 aromatic carbocycles. The van der Waals surface area contributed by atoms with Crippen LogP contribution in [-0.2, 0) is 17.8 Å². The molecule has 0 fully saturated rings. The summed E-state index contributed by atoms with van der Waals surface area (Å²) in [6.45, 7) is 4.36. The average molecular weight is 386 g/mol. The van der Waals surface area contributed by atoms with Crippen LogP contribution in [0.1, 0.15) is 28.4 Å². The average Bonchev–Trinajstić information content (AvgIpc) is 2.87. The Bertz CT molecular complexity index is 943. The van der Waals surface area contributed by atoms with Gasteiger partial charge in [0.05, 0.1) is 17.8 Å². The van der Waals surface area contributed by atoms with Crippen LogP contribution < -0.4 is 4.90 Å². The normalized spacial score (nSPS) is 16.4. The first-order valence-electron chi connectivity index (χ1n) is 10.1. The van der Waals surface area contributed by atoms with Crippen LogP contribution in [0.25, 0.3) is 0 Å². The van der Waals surface area contributed by atoms with E-state index in [0.717, 1.165) is 16.8 Å². The van der Waals surface area contributed by atoms with Gasteiger partial charge >= 0.3 is 0 Å². The minimum absolute atomic E-state index is 0.0460. The number of hydrogen-bond acceptors (Lipinski definition) is 3. The Labute approximate surface area is 172 Å². The van der Waals surface area contributed by atoms with Gasteiger partial charge in [-0.25, -0.2) is 0 Å². The second-order valence-electron chi connectivity index (χ2n) is 7.21. The van der Waals surface area contributed by atoms with Crippen molar-refractivity contribution in [1.82, 2.24) is 4.90 Å². The minimum atomic E-state index is -0.212. The first kappa shape index (κ1) is 19.2. The molecule has 0 saturated carbocycles. The van der Waals surface area contributed by atoms with Gasteiger partial charge in [-0.1, -0.05) is 72.8 Å². The maximum atomic E-state index is 13.4. The SMILES string of the molecule is CCOC1CN(Cc2ccccc2)C(=O)c2ccccc2N1Cc1ccccc1. The van der Waals surface area contributed by atoms with Gasteiger partial charge in [0.15, 0.2) is 0 Å². The summed E-state index contributed by atoms with van der Waals surface area (Å²) in [6, 6.07) is 28.3. The Morgan fingerprint density at radius 3 is 2.07 bits per heavy atom. The number of rotatable bonds is 6. The van der Waals surface area contributed by atoms with E-state index in [2.05, 4.69) is 29.2 Å². The third kappa shape index (κ3) is 4.33. The van der Waals surface area contributed by atoms with Gasteiger partial charge in [-0.05, 0) is 30.2 Å². The van der Waals surface area contributed by atoms with E-state index in [1.54, 1.807) is 0 Å². The van der Waals surface area contributed by atoms with Crippen LogP contribution in [0.2, 0.25) is 0 Å². The van der Waals surface area contributed by atoms with Crippen molar-refractivity contribution in [2.45, 2.75) is 26.2 Å². The molecule has 4 rings (SSSR count). The summed E-state index contributed by atoms with van der Waals surface area (Å²) >= 11 is 0. The van der Waals surface area contributed by atoms with Gasteiger partial charge in [-0.15, -0.1) is 0 Å². The van der Waals surface area contributed by atoms with Gasteiger partial charge in [-0.3, -0.25) is 4.79 Å². The minimum Gasteiger partial charge on any atom is -0.357 e. The van der Waals surface area contributed by atoms with E-state index >= 15 is 0 Å². The van der Waals surface area contributed by atoms with E-state index in [-0.39, 0.29) is 12.1 Å². The van der Waals surface area contributed by atoms with Crippen molar-refractivity contribution in [3.05, 3.63) is 102 Å². The molecule has 1 amide bonds. The highest BCUT2D eigenvalue weighted by molar-refractivity contribution is 6.00. The molecule has 0 aliphatic carbocycles. The fraction of sp³-hybridized carbons (Fsp3) is 0.240. The number of benzene rings is 3. The molecule has 0 bridgehead atoms. The van der Waals surface area contributed by atoms with Crippen LogP contribution in [0, 0.1) is 0 Å². The standard InChI is InChI=1S/C25H26N2O2/c1-2-29-24-19-26(17-20-11-5-3-6-12-20)25(28)22-15-9-10-16-23(22)27(24)18-21-13-7-4-8-14-21/h3-16,24H,2,17-19H2,1H3. The van der Waals surface area contributed by atoms with E-state index in [9.17, 15) is 4.79 Å². The lowest BCUT2D eigenvalue weighted by Gasteiger charge is -2.33. The summed E-state index contributed by atoms with van der Waals surface area (Å²) < 4.78 is 6.15. The molecular weight excluding hydrogens is 360 g/mol. The number of hydrogen-bond donors (Lipinski definition) is 0. The summed E-state index contributed by atoms with van der Waals surface area (Å²) in [5.41, 5.74) is 3.96. The predicted octanol–water partition coefficient (Wildman–Crippen LogP) is 4.71. The highest BCUT2D eigenvalue weighted by atomic mass is 16.5. The third-order valence-electron chi connectivity index (χ3n) is 5.23. The van der Waals surface area contributed by atoms with E-state index in [0.29, 0.717) is 26.2 Å². The topological polar surface area (TPSA) is 32.8 Å². The van der Waals surface area contributed by atoms with E-state index in [1.807, 2.05) is 72.5 Å². The fourth-order valence-electron chi connectivity index (χ4n) is 3.84. The molecule has 0 aromatic heterocycles. The van der Waals surface area contributed by atoms with Gasteiger partial charge in [0.1, 0.15) is 6.23 Å². The molecule has 1 unspecified atom stereocenters. The maximum Gasteiger partial charge on any atom is 0.256 e. The van der Waals surface area contributed by atoms with Gasteiger partial charge in [0.25, 0.3) is 5.91 Å². The first-order valence-corrected chi connectivity index (χ1v) is 10.1. The molecule has 1 heterocycles. The van der Waals surface area contributed by atoms with Crippen molar-refractivity contribution in [3.8, 4) is 0 Å². The molecular formula is C25H26N2O2. The molecule has 148 valence electrons. The first-order chi connectivity index (χ1) is 14.3. The number of nitrogens with zero attached hydrogens (tertiary/aromatic N) is 2. The quantitative estimate of drug-likeness (QED) is 0.615. The predicted molar refractivity (Wildman–Crippen MR) is 116 cm³/mol. The number of amides is 1. The highest BCUT2D eigenvalue weighted by Gasteiger charge is 2.33. The molecule has 29 heavy (non-hydrogen) atoms. The summed E-state index contributed by atoms with van der Waals surface area (Å²) in [7, 11) is 0. The third-order valence-corrected chi connectivity index (χ3v) is 5.23. The maximum absolute atomic E-state index is 13.4. The summed E-state index contributed by atoms with van der Waals surface area (Å²) in [6.07, 6.45) is -0.212. The van der Waals surface area contributed by atoms with Crippen molar-refractivity contribution < 1.29 is 9.53 Å². The van der Waals surface area contributed by atoms with Crippen LogP contribution in [0.4, 0.5) is 5.69 Å².